The number of likely N-dealkylation sites (tertiary alicyclic amines) is 1. The van der Waals surface area contributed by atoms with Gasteiger partial charge in [-0.1, -0.05) is 23.4 Å². The summed E-state index contributed by atoms with van der Waals surface area (Å²) in [6.45, 7) is 3.27. The second kappa shape index (κ2) is 7.11. The average molecular weight is 351 g/mol. The second-order valence-corrected chi connectivity index (χ2v) is 6.68. The third kappa shape index (κ3) is 3.51. The summed E-state index contributed by atoms with van der Waals surface area (Å²) in [6.07, 6.45) is 4.39. The average Bonchev–Trinajstić information content (AvgIpc) is 3.07. The molecule has 0 bridgehead atoms. The predicted molar refractivity (Wildman–Crippen MR) is 97.8 cm³/mol. The molecule has 0 unspecified atom stereocenters. The van der Waals surface area contributed by atoms with E-state index in [1.54, 1.807) is 6.20 Å². The zero-order valence-corrected chi connectivity index (χ0v) is 14.7. The molecule has 1 aliphatic heterocycles. The van der Waals surface area contributed by atoms with Gasteiger partial charge in [-0.2, -0.15) is 4.98 Å². The van der Waals surface area contributed by atoms with Crippen molar-refractivity contribution in [3.05, 3.63) is 48.2 Å². The molecule has 1 fully saturated rings. The first-order valence-electron chi connectivity index (χ1n) is 8.88. The number of nitrogens with one attached hydrogen (secondary N) is 1. The zero-order valence-electron chi connectivity index (χ0n) is 14.7. The second-order valence-electron chi connectivity index (χ2n) is 6.68. The van der Waals surface area contributed by atoms with Crippen LogP contribution in [0.2, 0.25) is 0 Å². The number of anilines is 1. The first kappa shape index (κ1) is 16.5. The first-order valence-corrected chi connectivity index (χ1v) is 8.88. The summed E-state index contributed by atoms with van der Waals surface area (Å²) in [5.41, 5.74) is 1.56. The number of rotatable bonds is 3. The van der Waals surface area contributed by atoms with Gasteiger partial charge in [0.05, 0.1) is 11.2 Å². The summed E-state index contributed by atoms with van der Waals surface area (Å²) < 4.78 is 5.20. The lowest BCUT2D eigenvalue weighted by Gasteiger charge is -2.31. The third-order valence-electron chi connectivity index (χ3n) is 4.81. The van der Waals surface area contributed by atoms with E-state index in [0.29, 0.717) is 17.6 Å². The highest BCUT2D eigenvalue weighted by molar-refractivity contribution is 5.99. The Kier molecular flexibility index (Phi) is 4.51. The van der Waals surface area contributed by atoms with E-state index in [4.69, 9.17) is 4.52 Å². The number of hydrogen-bond donors (Lipinski definition) is 1. The number of pyridine rings is 1. The van der Waals surface area contributed by atoms with Gasteiger partial charge in [0.1, 0.15) is 0 Å². The molecule has 3 aromatic rings. The lowest BCUT2D eigenvalue weighted by Crippen LogP contribution is -2.41. The first-order chi connectivity index (χ1) is 12.7. The summed E-state index contributed by atoms with van der Waals surface area (Å²) in [6, 6.07) is 9.61. The molecule has 1 aromatic carbocycles. The molecule has 2 amide bonds. The lowest BCUT2D eigenvalue weighted by molar-refractivity contribution is 0.179. The molecule has 1 aliphatic rings. The summed E-state index contributed by atoms with van der Waals surface area (Å²) in [5, 5.41) is 7.85. The minimum absolute atomic E-state index is 0.0739. The Morgan fingerprint density at radius 2 is 2.08 bits per heavy atom. The predicted octanol–water partition coefficient (Wildman–Crippen LogP) is 3.41. The van der Waals surface area contributed by atoms with Gasteiger partial charge in [0.25, 0.3) is 0 Å². The molecular weight excluding hydrogens is 330 g/mol. The lowest BCUT2D eigenvalue weighted by atomic mass is 9.94. The van der Waals surface area contributed by atoms with Gasteiger partial charge in [-0.15, -0.1) is 0 Å². The number of aryl methyl sites for hydroxylation is 1. The normalized spacial score (nSPS) is 15.3. The van der Waals surface area contributed by atoms with E-state index < -0.39 is 0 Å². The van der Waals surface area contributed by atoms with Crippen LogP contribution >= 0.6 is 0 Å². The number of nitrogens with zero attached hydrogens (tertiary/aromatic N) is 4. The molecule has 7 nitrogen and oxygen atoms in total. The van der Waals surface area contributed by atoms with E-state index in [0.717, 1.165) is 48.9 Å². The molecule has 3 heterocycles. The number of fused-ring (bicyclic) bond motifs is 1. The molecule has 7 heteroatoms. The highest BCUT2D eigenvalue weighted by atomic mass is 16.5. The molecule has 0 atom stereocenters. The number of piperidine rings is 1. The monoisotopic (exact) mass is 351 g/mol. The maximum atomic E-state index is 12.6. The Bertz CT molecular complexity index is 910. The Hall–Kier alpha value is -2.96. The quantitative estimate of drug-likeness (QED) is 0.782. The summed E-state index contributed by atoms with van der Waals surface area (Å²) in [4.78, 5) is 23.1. The number of amides is 2. The van der Waals surface area contributed by atoms with E-state index >= 15 is 0 Å². The van der Waals surface area contributed by atoms with Crippen molar-refractivity contribution < 1.29 is 9.32 Å². The van der Waals surface area contributed by atoms with Crippen LogP contribution in [0.5, 0.6) is 0 Å². The number of urea groups is 1. The van der Waals surface area contributed by atoms with E-state index in [2.05, 4.69) is 20.4 Å². The molecule has 2 aromatic heterocycles. The fraction of sp³-hybridized carbons (Fsp3) is 0.368. The minimum Gasteiger partial charge on any atom is -0.339 e. The molecule has 26 heavy (non-hydrogen) atoms. The Morgan fingerprint density at radius 1 is 1.27 bits per heavy atom. The smallest absolute Gasteiger partial charge is 0.321 e. The molecule has 0 aliphatic carbocycles. The Morgan fingerprint density at radius 3 is 2.85 bits per heavy atom. The fourth-order valence-electron chi connectivity index (χ4n) is 3.41. The Balaban J connectivity index is 1.36. The van der Waals surface area contributed by atoms with Crippen LogP contribution in [-0.2, 0) is 6.42 Å². The van der Waals surface area contributed by atoms with Gasteiger partial charge in [0.15, 0.2) is 5.82 Å². The molecule has 1 N–H and O–H groups in total. The molecule has 0 spiro atoms. The maximum Gasteiger partial charge on any atom is 0.321 e. The molecular formula is C19H21N5O2. The van der Waals surface area contributed by atoms with Gasteiger partial charge in [-0.05, 0) is 37.8 Å². The number of carbonyl (C=O) groups is 1. The maximum absolute atomic E-state index is 12.6. The van der Waals surface area contributed by atoms with Crippen molar-refractivity contribution in [3.8, 4) is 0 Å². The summed E-state index contributed by atoms with van der Waals surface area (Å²) in [7, 11) is 0. The summed E-state index contributed by atoms with van der Waals surface area (Å²) in [5.74, 6) is 1.82. The highest BCUT2D eigenvalue weighted by Crippen LogP contribution is 2.24. The molecule has 4 rings (SSSR count). The van der Waals surface area contributed by atoms with Crippen molar-refractivity contribution in [2.45, 2.75) is 26.2 Å². The number of benzene rings is 1. The summed E-state index contributed by atoms with van der Waals surface area (Å²) >= 11 is 0. The van der Waals surface area contributed by atoms with Crippen molar-refractivity contribution in [1.29, 1.82) is 0 Å². The molecule has 0 saturated carbocycles. The fourth-order valence-corrected chi connectivity index (χ4v) is 3.41. The van der Waals surface area contributed by atoms with Crippen molar-refractivity contribution in [3.63, 3.8) is 0 Å². The van der Waals surface area contributed by atoms with Crippen molar-refractivity contribution in [2.75, 3.05) is 18.4 Å². The van der Waals surface area contributed by atoms with Gasteiger partial charge in [0, 0.05) is 31.1 Å². The minimum atomic E-state index is -0.0739. The topological polar surface area (TPSA) is 84.2 Å². The van der Waals surface area contributed by atoms with Gasteiger partial charge in [-0.3, -0.25) is 4.98 Å². The van der Waals surface area contributed by atoms with Gasteiger partial charge in [-0.25, -0.2) is 4.79 Å². The van der Waals surface area contributed by atoms with E-state index in [9.17, 15) is 4.79 Å². The van der Waals surface area contributed by atoms with Crippen LogP contribution in [0.15, 0.2) is 41.1 Å². The van der Waals surface area contributed by atoms with Crippen LogP contribution < -0.4 is 5.32 Å². The Labute approximate surface area is 151 Å². The standard InChI is InChI=1S/C19H21N5O2/c1-13-21-17(26-23-13)12-14-7-10-24(11-8-14)19(25)22-16-6-2-4-15-5-3-9-20-18(15)16/h2-6,9,14H,7-8,10-12H2,1H3,(H,22,25). The van der Waals surface area contributed by atoms with Crippen LogP contribution in [0.3, 0.4) is 0 Å². The highest BCUT2D eigenvalue weighted by Gasteiger charge is 2.24. The third-order valence-corrected chi connectivity index (χ3v) is 4.81. The zero-order chi connectivity index (χ0) is 17.9. The number of aromatic nitrogens is 3. The van der Waals surface area contributed by atoms with Crippen LogP contribution in [0.1, 0.15) is 24.6 Å². The molecule has 1 saturated heterocycles. The van der Waals surface area contributed by atoms with Crippen LogP contribution in [0.4, 0.5) is 10.5 Å². The largest absolute Gasteiger partial charge is 0.339 e. The van der Waals surface area contributed by atoms with Crippen LogP contribution in [0.25, 0.3) is 10.9 Å². The number of carbonyl (C=O) groups excluding carboxylic acids is 1. The van der Waals surface area contributed by atoms with Crippen molar-refractivity contribution >= 4 is 22.6 Å². The molecule has 0 radical (unpaired) electrons. The van der Waals surface area contributed by atoms with Crippen LogP contribution in [0, 0.1) is 12.8 Å². The van der Waals surface area contributed by atoms with Gasteiger partial charge >= 0.3 is 6.03 Å². The van der Waals surface area contributed by atoms with Crippen molar-refractivity contribution in [1.82, 2.24) is 20.0 Å². The SMILES string of the molecule is Cc1noc(CC2CCN(C(=O)Nc3cccc4cccnc34)CC2)n1. The van der Waals surface area contributed by atoms with Gasteiger partial charge in [0.2, 0.25) is 5.89 Å². The molecule has 134 valence electrons. The van der Waals surface area contributed by atoms with E-state index in [1.807, 2.05) is 42.2 Å². The van der Waals surface area contributed by atoms with E-state index in [-0.39, 0.29) is 6.03 Å². The van der Waals surface area contributed by atoms with Crippen LogP contribution in [-0.4, -0.2) is 39.1 Å². The number of hydrogen-bond acceptors (Lipinski definition) is 5. The van der Waals surface area contributed by atoms with Gasteiger partial charge < -0.3 is 14.7 Å². The number of para-hydroxylation sites is 1. The van der Waals surface area contributed by atoms with E-state index in [1.165, 1.54) is 0 Å². The van der Waals surface area contributed by atoms with Crippen molar-refractivity contribution in [2.24, 2.45) is 5.92 Å².